The Bertz CT molecular complexity index is 1250. The maximum absolute atomic E-state index is 12.9. The van der Waals surface area contributed by atoms with Gasteiger partial charge in [0.25, 0.3) is 4.83 Å². The molecule has 1 aliphatic rings. The third kappa shape index (κ3) is 2.44. The minimum absolute atomic E-state index is 0.343. The molecule has 5 rings (SSSR count). The number of hydrogen-bond acceptors (Lipinski definition) is 4. The number of benzene rings is 2. The van der Waals surface area contributed by atoms with E-state index in [9.17, 15) is 14.7 Å². The summed E-state index contributed by atoms with van der Waals surface area (Å²) in [6.45, 7) is 0. The molecular formula is C21H13N3O3S. The molecule has 0 fully saturated rings. The summed E-state index contributed by atoms with van der Waals surface area (Å²) in [6.07, 6.45) is 1.53. The van der Waals surface area contributed by atoms with Crippen LogP contribution in [0.15, 0.2) is 72.2 Å². The largest absolute Gasteiger partial charge is 0.500 e. The Hall–Kier alpha value is -3.71. The average Bonchev–Trinajstić information content (AvgIpc) is 3.09. The van der Waals surface area contributed by atoms with Crippen molar-refractivity contribution in [1.82, 2.24) is 4.98 Å². The van der Waals surface area contributed by atoms with E-state index in [1.165, 1.54) is 11.6 Å². The van der Waals surface area contributed by atoms with Gasteiger partial charge in [-0.05, 0) is 29.3 Å². The fourth-order valence-corrected chi connectivity index (χ4v) is 4.87. The summed E-state index contributed by atoms with van der Waals surface area (Å²) < 4.78 is 0. The lowest BCUT2D eigenvalue weighted by Crippen LogP contribution is -2.33. The van der Waals surface area contributed by atoms with Gasteiger partial charge in [0, 0.05) is 6.20 Å². The molecule has 2 aromatic heterocycles. The molecule has 6 nitrogen and oxygen atoms in total. The summed E-state index contributed by atoms with van der Waals surface area (Å²) in [5.74, 6) is 0. The van der Waals surface area contributed by atoms with Gasteiger partial charge in [0.1, 0.15) is 11.1 Å². The molecule has 0 spiro atoms. The monoisotopic (exact) mass is 387 g/mol. The fraction of sp³-hybridized carbons (Fsp3) is 0. The van der Waals surface area contributed by atoms with Crippen LogP contribution in [0.4, 0.5) is 26.7 Å². The van der Waals surface area contributed by atoms with E-state index in [0.717, 1.165) is 11.1 Å². The van der Waals surface area contributed by atoms with Crippen molar-refractivity contribution in [2.75, 3.05) is 10.2 Å². The predicted octanol–water partition coefficient (Wildman–Crippen LogP) is 4.53. The number of carbonyl (C=O) groups excluding carboxylic acids is 2. The number of hydrogen-bond donors (Lipinski definition) is 1. The van der Waals surface area contributed by atoms with Crippen LogP contribution in [0.5, 0.6) is 0 Å². The number of urea groups is 1. The molecule has 28 heavy (non-hydrogen) atoms. The number of nitrogens with one attached hydrogen (secondary N) is 1. The van der Waals surface area contributed by atoms with Crippen LogP contribution < -0.4 is 15.3 Å². The summed E-state index contributed by atoms with van der Waals surface area (Å²) in [5, 5.41) is 15.2. The normalized spacial score (nSPS) is 13.5. The van der Waals surface area contributed by atoms with E-state index >= 15 is 0 Å². The number of aromatic nitrogens is 1. The van der Waals surface area contributed by atoms with E-state index in [1.807, 2.05) is 54.6 Å². The van der Waals surface area contributed by atoms with E-state index in [0.29, 0.717) is 27.3 Å². The lowest BCUT2D eigenvalue weighted by Gasteiger charge is -2.27. The Morgan fingerprint density at radius 1 is 1.04 bits per heavy atom. The van der Waals surface area contributed by atoms with Crippen molar-refractivity contribution >= 4 is 49.1 Å². The standard InChI is InChI=1S/C21H13N3O3S/c25-20-23-16-12-28(21(26)27)19-18(16)17(9-10-22-19)24(20)15-8-4-7-14(11-15)13-5-2-1-3-6-13/h1-12H,(H-,23,25,26,27). The number of carbonyl (C=O) groups is 2. The zero-order chi connectivity index (χ0) is 19.3. The summed E-state index contributed by atoms with van der Waals surface area (Å²) in [5.41, 5.74) is 3.80. The van der Waals surface area contributed by atoms with Gasteiger partial charge in [-0.1, -0.05) is 42.5 Å². The molecule has 0 aliphatic carbocycles. The molecule has 2 amide bonds. The van der Waals surface area contributed by atoms with Crippen LogP contribution in [0.25, 0.3) is 21.3 Å². The molecule has 7 heteroatoms. The number of amides is 2. The first-order valence-electron chi connectivity index (χ1n) is 8.55. The first-order valence-corrected chi connectivity index (χ1v) is 9.84. The van der Waals surface area contributed by atoms with Crippen molar-refractivity contribution < 1.29 is 14.7 Å². The number of carboxylic acid groups (broad SMARTS) is 1. The van der Waals surface area contributed by atoms with Crippen molar-refractivity contribution in [2.24, 2.45) is 0 Å². The van der Waals surface area contributed by atoms with Crippen LogP contribution in [0.2, 0.25) is 0 Å². The summed E-state index contributed by atoms with van der Waals surface area (Å²) in [4.78, 5) is 30.5. The second-order valence-electron chi connectivity index (χ2n) is 6.31. The van der Waals surface area contributed by atoms with Gasteiger partial charge < -0.3 is 15.2 Å². The van der Waals surface area contributed by atoms with Gasteiger partial charge in [-0.25, -0.2) is 9.78 Å². The Kier molecular flexibility index (Phi) is 3.63. The lowest BCUT2D eigenvalue weighted by atomic mass is 10.0. The lowest BCUT2D eigenvalue weighted by molar-refractivity contribution is -0.233. The van der Waals surface area contributed by atoms with Crippen LogP contribution in [0, 0.1) is 0 Å². The molecule has 2 aromatic carbocycles. The Morgan fingerprint density at radius 2 is 1.82 bits per heavy atom. The number of pyridine rings is 1. The Labute approximate surface area is 162 Å². The molecule has 0 saturated heterocycles. The highest BCUT2D eigenvalue weighted by Crippen LogP contribution is 2.46. The number of rotatable bonds is 3. The zero-order valence-electron chi connectivity index (χ0n) is 14.5. The molecule has 0 saturated carbocycles. The molecule has 1 aliphatic heterocycles. The topological polar surface area (TPSA) is 85.4 Å². The first kappa shape index (κ1) is 16.5. The number of nitrogens with zero attached hydrogens (tertiary/aromatic N) is 2. The molecular weight excluding hydrogens is 374 g/mol. The van der Waals surface area contributed by atoms with Gasteiger partial charge in [-0.3, -0.25) is 4.90 Å². The second-order valence-corrected chi connectivity index (χ2v) is 7.94. The third-order valence-electron chi connectivity index (χ3n) is 4.68. The van der Waals surface area contributed by atoms with Gasteiger partial charge in [0.05, 0.1) is 21.8 Å². The van der Waals surface area contributed by atoms with Crippen LogP contribution in [-0.2, 0) is 0 Å². The van der Waals surface area contributed by atoms with Crippen LogP contribution in [0.1, 0.15) is 0 Å². The van der Waals surface area contributed by atoms with Gasteiger partial charge >= 0.3 is 11.3 Å². The van der Waals surface area contributed by atoms with Crippen molar-refractivity contribution in [3.05, 3.63) is 72.2 Å². The third-order valence-corrected chi connectivity index (χ3v) is 6.24. The van der Waals surface area contributed by atoms with Gasteiger partial charge in [-0.15, -0.1) is 0 Å². The first-order chi connectivity index (χ1) is 13.6. The van der Waals surface area contributed by atoms with Gasteiger partial charge in [0.2, 0.25) is 0 Å². The molecule has 4 aromatic rings. The summed E-state index contributed by atoms with van der Waals surface area (Å²) >= 11 is 0. The summed E-state index contributed by atoms with van der Waals surface area (Å²) in [6, 6.07) is 18.9. The number of anilines is 3. The zero-order valence-corrected chi connectivity index (χ0v) is 15.3. The maximum atomic E-state index is 12.9. The fourth-order valence-electron chi connectivity index (χ4n) is 3.48. The molecule has 1 unspecified atom stereocenters. The van der Waals surface area contributed by atoms with E-state index in [-0.39, 0.29) is 6.03 Å². The average molecular weight is 387 g/mol. The Morgan fingerprint density at radius 3 is 2.61 bits per heavy atom. The minimum atomic E-state index is -1.28. The highest BCUT2D eigenvalue weighted by atomic mass is 32.2. The molecule has 3 heterocycles. The van der Waals surface area contributed by atoms with E-state index in [2.05, 4.69) is 10.3 Å². The molecule has 0 bridgehead atoms. The van der Waals surface area contributed by atoms with Crippen molar-refractivity contribution in [1.29, 1.82) is 0 Å². The second kappa shape index (κ2) is 6.17. The smallest absolute Gasteiger partial charge is 0.331 e. The molecule has 0 radical (unpaired) electrons. The highest BCUT2D eigenvalue weighted by molar-refractivity contribution is 7.54. The van der Waals surface area contributed by atoms with E-state index < -0.39 is 15.8 Å². The van der Waals surface area contributed by atoms with E-state index in [4.69, 9.17) is 0 Å². The molecule has 136 valence electrons. The van der Waals surface area contributed by atoms with Crippen molar-refractivity contribution in [3.8, 4) is 11.1 Å². The van der Waals surface area contributed by atoms with Crippen molar-refractivity contribution in [2.45, 2.75) is 0 Å². The van der Waals surface area contributed by atoms with Gasteiger partial charge in [-0.2, -0.15) is 0 Å². The Balaban J connectivity index is 1.69. The van der Waals surface area contributed by atoms with Crippen LogP contribution >= 0.6 is 10.5 Å². The molecule has 1 atom stereocenters. The minimum Gasteiger partial charge on any atom is -0.500 e. The van der Waals surface area contributed by atoms with Crippen LogP contribution in [-0.4, -0.2) is 16.3 Å². The molecule has 1 N–H and O–H groups in total. The SMILES string of the molecule is O=C1Nc2c[s+](C(=O)[O-])c3nccc(c23)N1c1cccc(-c2ccccc2)c1. The van der Waals surface area contributed by atoms with Crippen LogP contribution in [0.3, 0.4) is 0 Å². The quantitative estimate of drug-likeness (QED) is 0.524. The van der Waals surface area contributed by atoms with E-state index in [1.54, 1.807) is 11.0 Å². The highest BCUT2D eigenvalue weighted by Gasteiger charge is 2.34. The maximum Gasteiger partial charge on any atom is 0.331 e. The summed E-state index contributed by atoms with van der Waals surface area (Å²) in [7, 11) is -1.28. The van der Waals surface area contributed by atoms with Gasteiger partial charge in [0.15, 0.2) is 5.38 Å². The predicted molar refractivity (Wildman–Crippen MR) is 108 cm³/mol. The number of thiophene rings is 1. The van der Waals surface area contributed by atoms with Crippen molar-refractivity contribution in [3.63, 3.8) is 0 Å².